The van der Waals surface area contributed by atoms with Crippen molar-refractivity contribution in [1.29, 1.82) is 0 Å². The molecule has 1 aromatic rings. The summed E-state index contributed by atoms with van der Waals surface area (Å²) in [4.78, 5) is 0. The van der Waals surface area contributed by atoms with Crippen molar-refractivity contribution in [3.8, 4) is 0 Å². The molecule has 1 fully saturated rings. The molecule has 0 amide bonds. The summed E-state index contributed by atoms with van der Waals surface area (Å²) in [6.07, 6.45) is 7.82. The predicted octanol–water partition coefficient (Wildman–Crippen LogP) is 3.08. The smallest absolute Gasteiger partial charge is 0.0821 e. The standard InChI is InChI=1S/C13H22ClN3/c1-3-4-9-5-6-12(15)10(7-9)13-11(14)8-16-17(13)2/h8-10,12H,3-7,15H2,1-2H3. The Kier molecular flexibility index (Phi) is 4.10. The third-order valence-electron chi connectivity index (χ3n) is 4.00. The van der Waals surface area contributed by atoms with Gasteiger partial charge in [0.2, 0.25) is 0 Å². The molecule has 3 nitrogen and oxygen atoms in total. The molecular formula is C13H22ClN3. The maximum absolute atomic E-state index is 6.27. The zero-order valence-corrected chi connectivity index (χ0v) is 11.5. The average Bonchev–Trinajstić information content (AvgIpc) is 2.62. The van der Waals surface area contributed by atoms with Crippen LogP contribution < -0.4 is 5.73 Å². The molecule has 1 aliphatic carbocycles. The molecule has 0 radical (unpaired) electrons. The molecule has 2 N–H and O–H groups in total. The fourth-order valence-corrected chi connectivity index (χ4v) is 3.41. The van der Waals surface area contributed by atoms with Gasteiger partial charge in [-0.1, -0.05) is 31.4 Å². The van der Waals surface area contributed by atoms with E-state index >= 15 is 0 Å². The summed E-state index contributed by atoms with van der Waals surface area (Å²) in [6.45, 7) is 2.25. The maximum Gasteiger partial charge on any atom is 0.0821 e. The third kappa shape index (κ3) is 2.66. The lowest BCUT2D eigenvalue weighted by molar-refractivity contribution is 0.267. The predicted molar refractivity (Wildman–Crippen MR) is 71.2 cm³/mol. The molecule has 0 spiro atoms. The lowest BCUT2D eigenvalue weighted by Gasteiger charge is -2.34. The molecule has 1 aromatic heterocycles. The lowest BCUT2D eigenvalue weighted by Crippen LogP contribution is -2.35. The van der Waals surface area contributed by atoms with E-state index in [1.54, 1.807) is 6.20 Å². The van der Waals surface area contributed by atoms with Gasteiger partial charge < -0.3 is 5.73 Å². The van der Waals surface area contributed by atoms with Gasteiger partial charge in [0, 0.05) is 19.0 Å². The van der Waals surface area contributed by atoms with Gasteiger partial charge in [0.15, 0.2) is 0 Å². The summed E-state index contributed by atoms with van der Waals surface area (Å²) in [7, 11) is 1.96. The van der Waals surface area contributed by atoms with Crippen molar-refractivity contribution >= 4 is 11.6 Å². The van der Waals surface area contributed by atoms with Gasteiger partial charge in [0.1, 0.15) is 0 Å². The molecule has 0 saturated heterocycles. The average molecular weight is 256 g/mol. The molecular weight excluding hydrogens is 234 g/mol. The van der Waals surface area contributed by atoms with E-state index in [9.17, 15) is 0 Å². The highest BCUT2D eigenvalue weighted by molar-refractivity contribution is 6.31. The molecule has 0 aromatic carbocycles. The van der Waals surface area contributed by atoms with Gasteiger partial charge in [-0.25, -0.2) is 0 Å². The van der Waals surface area contributed by atoms with Crippen LogP contribution in [0.15, 0.2) is 6.20 Å². The Labute approximate surface area is 108 Å². The molecule has 4 heteroatoms. The van der Waals surface area contributed by atoms with Crippen LogP contribution in [0.4, 0.5) is 0 Å². The summed E-state index contributed by atoms with van der Waals surface area (Å²) in [5, 5.41) is 4.99. The van der Waals surface area contributed by atoms with Crippen LogP contribution in [-0.2, 0) is 7.05 Å². The van der Waals surface area contributed by atoms with Crippen LogP contribution in [0.2, 0.25) is 5.02 Å². The summed E-state index contributed by atoms with van der Waals surface area (Å²) >= 11 is 6.23. The Hall–Kier alpha value is -0.540. The van der Waals surface area contributed by atoms with Crippen LogP contribution in [0.3, 0.4) is 0 Å². The lowest BCUT2D eigenvalue weighted by atomic mass is 9.75. The van der Waals surface area contributed by atoms with E-state index in [1.807, 2.05) is 11.7 Å². The molecule has 0 aliphatic heterocycles. The van der Waals surface area contributed by atoms with Crippen LogP contribution in [0, 0.1) is 5.92 Å². The molecule has 1 aliphatic rings. The topological polar surface area (TPSA) is 43.8 Å². The quantitative estimate of drug-likeness (QED) is 0.902. The normalized spacial score (nSPS) is 29.5. The van der Waals surface area contributed by atoms with Gasteiger partial charge in [0.25, 0.3) is 0 Å². The molecule has 1 saturated carbocycles. The van der Waals surface area contributed by atoms with E-state index in [0.717, 1.165) is 29.5 Å². The second-order valence-corrected chi connectivity index (χ2v) is 5.65. The van der Waals surface area contributed by atoms with Gasteiger partial charge in [-0.3, -0.25) is 4.68 Å². The summed E-state index contributed by atoms with van der Waals surface area (Å²) < 4.78 is 1.89. The molecule has 2 rings (SSSR count). The zero-order valence-electron chi connectivity index (χ0n) is 10.7. The second-order valence-electron chi connectivity index (χ2n) is 5.24. The molecule has 3 unspecified atom stereocenters. The first-order valence-electron chi connectivity index (χ1n) is 6.56. The van der Waals surface area contributed by atoms with Crippen LogP contribution >= 0.6 is 11.6 Å². The van der Waals surface area contributed by atoms with E-state index in [1.165, 1.54) is 19.3 Å². The van der Waals surface area contributed by atoms with Gasteiger partial charge in [-0.05, 0) is 25.2 Å². The Morgan fingerprint density at radius 2 is 2.29 bits per heavy atom. The number of hydrogen-bond acceptors (Lipinski definition) is 2. The molecule has 96 valence electrons. The van der Waals surface area contributed by atoms with Crippen molar-refractivity contribution in [2.45, 2.75) is 51.0 Å². The van der Waals surface area contributed by atoms with Gasteiger partial charge in [0.05, 0.1) is 16.9 Å². The highest BCUT2D eigenvalue weighted by atomic mass is 35.5. The fourth-order valence-electron chi connectivity index (χ4n) is 3.10. The van der Waals surface area contributed by atoms with Gasteiger partial charge in [-0.15, -0.1) is 0 Å². The van der Waals surface area contributed by atoms with Crippen molar-refractivity contribution < 1.29 is 0 Å². The summed E-state index contributed by atoms with van der Waals surface area (Å²) in [6, 6.07) is 0.232. The Balaban J connectivity index is 2.18. The highest BCUT2D eigenvalue weighted by Gasteiger charge is 2.32. The first kappa shape index (κ1) is 12.9. The number of aromatic nitrogens is 2. The zero-order chi connectivity index (χ0) is 12.4. The number of rotatable bonds is 3. The number of aryl methyl sites for hydroxylation is 1. The minimum atomic E-state index is 0.232. The van der Waals surface area contributed by atoms with E-state index in [2.05, 4.69) is 12.0 Å². The minimum absolute atomic E-state index is 0.232. The Morgan fingerprint density at radius 1 is 1.53 bits per heavy atom. The van der Waals surface area contributed by atoms with Gasteiger partial charge in [-0.2, -0.15) is 5.10 Å². The van der Waals surface area contributed by atoms with Gasteiger partial charge >= 0.3 is 0 Å². The minimum Gasteiger partial charge on any atom is -0.327 e. The van der Waals surface area contributed by atoms with E-state index in [4.69, 9.17) is 17.3 Å². The first-order valence-corrected chi connectivity index (χ1v) is 6.94. The Morgan fingerprint density at radius 3 is 2.88 bits per heavy atom. The van der Waals surface area contributed by atoms with Crippen LogP contribution in [0.5, 0.6) is 0 Å². The van der Waals surface area contributed by atoms with Crippen LogP contribution in [0.1, 0.15) is 50.6 Å². The van der Waals surface area contributed by atoms with Crippen LogP contribution in [0.25, 0.3) is 0 Å². The summed E-state index contributed by atoms with van der Waals surface area (Å²) in [5.41, 5.74) is 7.39. The number of nitrogens with zero attached hydrogens (tertiary/aromatic N) is 2. The van der Waals surface area contributed by atoms with E-state index < -0.39 is 0 Å². The molecule has 1 heterocycles. The summed E-state index contributed by atoms with van der Waals surface area (Å²) in [5.74, 6) is 1.18. The fraction of sp³-hybridized carbons (Fsp3) is 0.769. The third-order valence-corrected chi connectivity index (χ3v) is 4.29. The van der Waals surface area contributed by atoms with Crippen LogP contribution in [-0.4, -0.2) is 15.8 Å². The number of hydrogen-bond donors (Lipinski definition) is 1. The maximum atomic E-state index is 6.27. The molecule has 3 atom stereocenters. The number of halogens is 1. The van der Waals surface area contributed by atoms with E-state index in [-0.39, 0.29) is 6.04 Å². The second kappa shape index (κ2) is 5.40. The van der Waals surface area contributed by atoms with E-state index in [0.29, 0.717) is 5.92 Å². The molecule has 17 heavy (non-hydrogen) atoms. The molecule has 0 bridgehead atoms. The highest BCUT2D eigenvalue weighted by Crippen LogP contribution is 2.39. The monoisotopic (exact) mass is 255 g/mol. The van der Waals surface area contributed by atoms with Crippen molar-refractivity contribution in [2.24, 2.45) is 18.7 Å². The number of nitrogens with two attached hydrogens (primary N) is 1. The van der Waals surface area contributed by atoms with Crippen molar-refractivity contribution in [1.82, 2.24) is 9.78 Å². The largest absolute Gasteiger partial charge is 0.327 e. The van der Waals surface area contributed by atoms with Crippen molar-refractivity contribution in [3.05, 3.63) is 16.9 Å². The Bertz CT molecular complexity index is 355. The van der Waals surface area contributed by atoms with Crippen molar-refractivity contribution in [3.63, 3.8) is 0 Å². The SMILES string of the molecule is CCCC1CCC(N)C(c2c(Cl)cnn2C)C1. The van der Waals surface area contributed by atoms with Crippen molar-refractivity contribution in [2.75, 3.05) is 0 Å². The first-order chi connectivity index (χ1) is 8.13.